The van der Waals surface area contributed by atoms with E-state index in [9.17, 15) is 13.2 Å². The average Bonchev–Trinajstić information content (AvgIpc) is 2.27. The highest BCUT2D eigenvalue weighted by molar-refractivity contribution is 7.89. The third kappa shape index (κ3) is 5.36. The second-order valence-electron chi connectivity index (χ2n) is 3.56. The zero-order chi connectivity index (χ0) is 14.5. The predicted molar refractivity (Wildman–Crippen MR) is 72.9 cm³/mol. The summed E-state index contributed by atoms with van der Waals surface area (Å²) in [6.07, 6.45) is -0.0403. The first-order valence-electron chi connectivity index (χ1n) is 5.46. The molecule has 0 aromatic heterocycles. The smallest absolute Gasteiger partial charge is 0.307 e. The molecule has 0 saturated carbocycles. The molecule has 0 radical (unpaired) electrons. The summed E-state index contributed by atoms with van der Waals surface area (Å²) in [6.45, 7) is 1.89. The number of carbonyl (C=O) groups excluding carboxylic acids is 1. The van der Waals surface area contributed by atoms with Gasteiger partial charge in [0.05, 0.1) is 17.9 Å². The monoisotopic (exact) mass is 325 g/mol. The highest BCUT2D eigenvalue weighted by Crippen LogP contribution is 2.22. The fraction of sp³-hybridized carbons (Fsp3) is 0.364. The fourth-order valence-electron chi connectivity index (χ4n) is 1.29. The van der Waals surface area contributed by atoms with Crippen molar-refractivity contribution in [1.82, 2.24) is 4.72 Å². The first-order chi connectivity index (χ1) is 8.85. The molecule has 106 valence electrons. The Morgan fingerprint density at radius 2 is 1.84 bits per heavy atom. The number of hydrogen-bond donors (Lipinski definition) is 1. The maximum atomic E-state index is 11.9. The molecule has 1 N–H and O–H groups in total. The Labute approximate surface area is 121 Å². The maximum Gasteiger partial charge on any atom is 0.307 e. The molecule has 0 aliphatic rings. The van der Waals surface area contributed by atoms with Crippen molar-refractivity contribution in [2.45, 2.75) is 18.2 Å². The van der Waals surface area contributed by atoms with Crippen LogP contribution in [0.25, 0.3) is 0 Å². The van der Waals surface area contributed by atoms with Crippen LogP contribution in [0, 0.1) is 0 Å². The van der Waals surface area contributed by atoms with Crippen molar-refractivity contribution in [3.63, 3.8) is 0 Å². The van der Waals surface area contributed by atoms with Crippen LogP contribution < -0.4 is 4.72 Å². The highest BCUT2D eigenvalue weighted by atomic mass is 35.5. The van der Waals surface area contributed by atoms with Gasteiger partial charge in [0.15, 0.2) is 0 Å². The number of hydrogen-bond acceptors (Lipinski definition) is 4. The Morgan fingerprint density at radius 3 is 2.37 bits per heavy atom. The number of nitrogens with one attached hydrogen (secondary N) is 1. The molecule has 1 rings (SSSR count). The third-order valence-electron chi connectivity index (χ3n) is 2.07. The van der Waals surface area contributed by atoms with Gasteiger partial charge in [0.25, 0.3) is 0 Å². The fourth-order valence-corrected chi connectivity index (χ4v) is 3.04. The van der Waals surface area contributed by atoms with Crippen LogP contribution in [0.4, 0.5) is 0 Å². The van der Waals surface area contributed by atoms with Crippen LogP contribution in [0.3, 0.4) is 0 Å². The van der Waals surface area contributed by atoms with Gasteiger partial charge in [-0.15, -0.1) is 0 Å². The molecular formula is C11H13Cl2NO4S. The van der Waals surface area contributed by atoms with Crippen molar-refractivity contribution in [1.29, 1.82) is 0 Å². The quantitative estimate of drug-likeness (QED) is 0.814. The van der Waals surface area contributed by atoms with Crippen LogP contribution in [0.5, 0.6) is 0 Å². The van der Waals surface area contributed by atoms with Gasteiger partial charge in [0.2, 0.25) is 10.0 Å². The molecule has 0 heterocycles. The summed E-state index contributed by atoms with van der Waals surface area (Å²) in [5.41, 5.74) is 0. The number of halogens is 2. The largest absolute Gasteiger partial charge is 0.466 e. The molecule has 0 atom stereocenters. The van der Waals surface area contributed by atoms with E-state index in [2.05, 4.69) is 9.46 Å². The lowest BCUT2D eigenvalue weighted by molar-refractivity contribution is -0.142. The Bertz CT molecular complexity index is 540. The van der Waals surface area contributed by atoms with Crippen LogP contribution in [0.15, 0.2) is 23.1 Å². The molecule has 0 unspecified atom stereocenters. The number of carbonyl (C=O) groups is 1. The van der Waals surface area contributed by atoms with Gasteiger partial charge in [0, 0.05) is 16.6 Å². The van der Waals surface area contributed by atoms with Gasteiger partial charge in [-0.25, -0.2) is 13.1 Å². The first kappa shape index (κ1) is 16.2. The van der Waals surface area contributed by atoms with E-state index in [0.717, 1.165) is 0 Å². The Morgan fingerprint density at radius 1 is 1.26 bits per heavy atom. The molecule has 5 nitrogen and oxygen atoms in total. The lowest BCUT2D eigenvalue weighted by Crippen LogP contribution is -2.26. The zero-order valence-electron chi connectivity index (χ0n) is 10.2. The maximum absolute atomic E-state index is 11.9. The molecule has 0 spiro atoms. The molecular weight excluding hydrogens is 313 g/mol. The van der Waals surface area contributed by atoms with Crippen LogP contribution >= 0.6 is 23.2 Å². The van der Waals surface area contributed by atoms with E-state index in [1.807, 2.05) is 0 Å². The molecule has 19 heavy (non-hydrogen) atoms. The highest BCUT2D eigenvalue weighted by Gasteiger charge is 2.15. The summed E-state index contributed by atoms with van der Waals surface area (Å²) in [5, 5.41) is 0.441. The molecule has 0 amide bonds. The summed E-state index contributed by atoms with van der Waals surface area (Å²) in [4.78, 5) is 11.0. The second-order valence-corrected chi connectivity index (χ2v) is 6.20. The SMILES string of the molecule is CCOC(=O)CCNS(=O)(=O)c1cc(Cl)cc(Cl)c1. The summed E-state index contributed by atoms with van der Waals surface area (Å²) in [5.74, 6) is -0.464. The van der Waals surface area contributed by atoms with Gasteiger partial charge >= 0.3 is 5.97 Å². The van der Waals surface area contributed by atoms with Crippen LogP contribution in [-0.2, 0) is 19.6 Å². The number of ether oxygens (including phenoxy) is 1. The number of rotatable bonds is 6. The topological polar surface area (TPSA) is 72.5 Å². The predicted octanol–water partition coefficient (Wildman–Crippen LogP) is 2.22. The molecule has 0 aliphatic carbocycles. The minimum Gasteiger partial charge on any atom is -0.466 e. The van der Waals surface area contributed by atoms with Crippen molar-refractivity contribution < 1.29 is 17.9 Å². The average molecular weight is 326 g/mol. The molecule has 0 bridgehead atoms. The Hall–Kier alpha value is -0.820. The van der Waals surface area contributed by atoms with Gasteiger partial charge in [-0.3, -0.25) is 4.79 Å². The summed E-state index contributed by atoms with van der Waals surface area (Å²) in [6, 6.07) is 3.99. The normalized spacial score (nSPS) is 11.3. The zero-order valence-corrected chi connectivity index (χ0v) is 12.5. The first-order valence-corrected chi connectivity index (χ1v) is 7.70. The van der Waals surface area contributed by atoms with E-state index in [-0.39, 0.29) is 34.5 Å². The third-order valence-corrected chi connectivity index (χ3v) is 3.95. The van der Waals surface area contributed by atoms with Gasteiger partial charge in [-0.2, -0.15) is 0 Å². The van der Waals surface area contributed by atoms with E-state index in [1.54, 1.807) is 6.92 Å². The molecule has 0 saturated heterocycles. The van der Waals surface area contributed by atoms with Crippen LogP contribution in [0.2, 0.25) is 10.0 Å². The summed E-state index contributed by atoms with van der Waals surface area (Å²) < 4.78 is 30.7. The van der Waals surface area contributed by atoms with Crippen LogP contribution in [-0.4, -0.2) is 27.5 Å². The van der Waals surface area contributed by atoms with Gasteiger partial charge in [-0.05, 0) is 25.1 Å². The van der Waals surface area contributed by atoms with E-state index in [1.165, 1.54) is 18.2 Å². The summed E-state index contributed by atoms with van der Waals surface area (Å²) >= 11 is 11.5. The van der Waals surface area contributed by atoms with E-state index >= 15 is 0 Å². The van der Waals surface area contributed by atoms with E-state index < -0.39 is 16.0 Å². The van der Waals surface area contributed by atoms with Gasteiger partial charge in [-0.1, -0.05) is 23.2 Å². The molecule has 1 aromatic carbocycles. The lowest BCUT2D eigenvalue weighted by atomic mass is 10.4. The molecule has 1 aromatic rings. The number of sulfonamides is 1. The lowest BCUT2D eigenvalue weighted by Gasteiger charge is -2.07. The van der Waals surface area contributed by atoms with Gasteiger partial charge < -0.3 is 4.74 Å². The number of esters is 1. The van der Waals surface area contributed by atoms with Crippen molar-refractivity contribution in [3.8, 4) is 0 Å². The van der Waals surface area contributed by atoms with Gasteiger partial charge in [0.1, 0.15) is 0 Å². The second kappa shape index (κ2) is 7.09. The van der Waals surface area contributed by atoms with E-state index in [4.69, 9.17) is 23.2 Å². The summed E-state index contributed by atoms with van der Waals surface area (Å²) in [7, 11) is -3.74. The van der Waals surface area contributed by atoms with E-state index in [0.29, 0.717) is 0 Å². The van der Waals surface area contributed by atoms with Crippen LogP contribution in [0.1, 0.15) is 13.3 Å². The molecule has 8 heteroatoms. The van der Waals surface area contributed by atoms with Crippen molar-refractivity contribution >= 4 is 39.2 Å². The molecule has 0 fully saturated rings. The molecule has 0 aliphatic heterocycles. The van der Waals surface area contributed by atoms with Crippen molar-refractivity contribution in [2.75, 3.05) is 13.2 Å². The number of benzene rings is 1. The van der Waals surface area contributed by atoms with Crippen molar-refractivity contribution in [2.24, 2.45) is 0 Å². The Kier molecular flexibility index (Phi) is 6.06. The minimum absolute atomic E-state index is 0.0403. The van der Waals surface area contributed by atoms with Crippen molar-refractivity contribution in [3.05, 3.63) is 28.2 Å². The Balaban J connectivity index is 2.68. The standard InChI is InChI=1S/C11H13Cl2NO4S/c1-2-18-11(15)3-4-14-19(16,17)10-6-8(12)5-9(13)7-10/h5-7,14H,2-4H2,1H3. The minimum atomic E-state index is -3.74.